The molecule has 0 aliphatic rings. The van der Waals surface area contributed by atoms with Crippen LogP contribution in [-0.2, 0) is 14.3 Å². The Hall–Kier alpha value is -0.530. The summed E-state index contributed by atoms with van der Waals surface area (Å²) in [4.78, 5) is 22.9. The molecule has 0 fully saturated rings. The van der Waals surface area contributed by atoms with Crippen LogP contribution in [0.2, 0.25) is 0 Å². The van der Waals surface area contributed by atoms with E-state index in [1.165, 1.54) is 7.11 Å². The van der Waals surface area contributed by atoms with Crippen LogP contribution in [0.1, 0.15) is 33.6 Å². The lowest BCUT2D eigenvalue weighted by molar-refractivity contribution is -0.143. The highest BCUT2D eigenvalue weighted by molar-refractivity contribution is 14.1. The first-order valence-electron chi connectivity index (χ1n) is 5.43. The minimum absolute atomic E-state index is 0.444. The van der Waals surface area contributed by atoms with Crippen LogP contribution in [-0.4, -0.2) is 35.2 Å². The summed E-state index contributed by atoms with van der Waals surface area (Å²) in [6.45, 7) is 5.31. The first kappa shape index (κ1) is 16.5. The maximum atomic E-state index is 11.5. The molecule has 1 unspecified atom stereocenters. The molecule has 1 amide bonds. The molecule has 0 rings (SSSR count). The van der Waals surface area contributed by atoms with Crippen LogP contribution in [0.4, 0.5) is 4.79 Å². The third kappa shape index (κ3) is 8.23. The number of carbonyl (C=O) groups is 2. The molecule has 0 saturated carbocycles. The Labute approximate surface area is 116 Å². The standard InChI is InChI=1S/C11H20INO4/c1-11(2,3)17-10(15)13-8(6-5-7-12)9(14)16-4/h8H,5-7H2,1-4H3,(H,13,15). The molecule has 0 aliphatic carbocycles. The molecule has 0 bridgehead atoms. The van der Waals surface area contributed by atoms with Gasteiger partial charge in [-0.15, -0.1) is 0 Å². The maximum Gasteiger partial charge on any atom is 0.408 e. The number of amides is 1. The lowest BCUT2D eigenvalue weighted by Crippen LogP contribution is -2.44. The average Bonchev–Trinajstić information content (AvgIpc) is 2.20. The fourth-order valence-corrected chi connectivity index (χ4v) is 1.56. The molecule has 0 heterocycles. The first-order valence-corrected chi connectivity index (χ1v) is 6.96. The average molecular weight is 357 g/mol. The van der Waals surface area contributed by atoms with Crippen molar-refractivity contribution < 1.29 is 19.1 Å². The lowest BCUT2D eigenvalue weighted by atomic mass is 10.2. The van der Waals surface area contributed by atoms with Crippen molar-refractivity contribution in [2.24, 2.45) is 0 Å². The summed E-state index contributed by atoms with van der Waals surface area (Å²) < 4.78 is 10.6. The Morgan fingerprint density at radius 3 is 2.35 bits per heavy atom. The fourth-order valence-electron chi connectivity index (χ4n) is 1.12. The molecule has 6 heteroatoms. The van der Waals surface area contributed by atoms with Crippen LogP contribution in [0.25, 0.3) is 0 Å². The van der Waals surface area contributed by atoms with Gasteiger partial charge in [0.15, 0.2) is 0 Å². The highest BCUT2D eigenvalue weighted by Crippen LogP contribution is 2.08. The summed E-state index contributed by atoms with van der Waals surface area (Å²) >= 11 is 2.22. The smallest absolute Gasteiger partial charge is 0.408 e. The van der Waals surface area contributed by atoms with Gasteiger partial charge in [-0.05, 0) is 38.0 Å². The molecule has 1 N–H and O–H groups in total. The van der Waals surface area contributed by atoms with E-state index in [1.54, 1.807) is 20.8 Å². The molecule has 0 aromatic carbocycles. The highest BCUT2D eigenvalue weighted by Gasteiger charge is 2.24. The summed E-state index contributed by atoms with van der Waals surface area (Å²) in [5.41, 5.74) is -0.575. The number of ether oxygens (including phenoxy) is 2. The number of rotatable bonds is 5. The van der Waals surface area contributed by atoms with Crippen LogP contribution in [0.3, 0.4) is 0 Å². The van der Waals surface area contributed by atoms with Gasteiger partial charge in [-0.2, -0.15) is 0 Å². The number of nitrogens with one attached hydrogen (secondary N) is 1. The van der Waals surface area contributed by atoms with Gasteiger partial charge in [0.05, 0.1) is 7.11 Å². The van der Waals surface area contributed by atoms with Gasteiger partial charge in [0.2, 0.25) is 0 Å². The monoisotopic (exact) mass is 357 g/mol. The van der Waals surface area contributed by atoms with Crippen molar-refractivity contribution in [1.29, 1.82) is 0 Å². The zero-order valence-corrected chi connectivity index (χ0v) is 12.9. The molecule has 0 radical (unpaired) electrons. The highest BCUT2D eigenvalue weighted by atomic mass is 127. The maximum absolute atomic E-state index is 11.5. The van der Waals surface area contributed by atoms with Crippen LogP contribution < -0.4 is 5.32 Å². The number of carbonyl (C=O) groups excluding carboxylic acids is 2. The summed E-state index contributed by atoms with van der Waals surface area (Å²) in [7, 11) is 1.30. The summed E-state index contributed by atoms with van der Waals surface area (Å²) in [5, 5.41) is 2.52. The van der Waals surface area contributed by atoms with E-state index < -0.39 is 23.7 Å². The molecule has 0 saturated heterocycles. The second-order valence-electron chi connectivity index (χ2n) is 4.55. The van der Waals surface area contributed by atoms with Gasteiger partial charge < -0.3 is 14.8 Å². The molecule has 1 atom stereocenters. The molecular formula is C11H20INO4. The number of hydrogen-bond acceptors (Lipinski definition) is 4. The van der Waals surface area contributed by atoms with Crippen molar-refractivity contribution in [2.75, 3.05) is 11.5 Å². The Kier molecular flexibility index (Phi) is 7.49. The van der Waals surface area contributed by atoms with Crippen molar-refractivity contribution in [3.05, 3.63) is 0 Å². The first-order chi connectivity index (χ1) is 7.80. The van der Waals surface area contributed by atoms with Crippen molar-refractivity contribution >= 4 is 34.7 Å². The topological polar surface area (TPSA) is 64.6 Å². The van der Waals surface area contributed by atoms with Gasteiger partial charge in [0.25, 0.3) is 0 Å². The third-order valence-electron chi connectivity index (χ3n) is 1.80. The number of esters is 1. The van der Waals surface area contributed by atoms with Gasteiger partial charge >= 0.3 is 12.1 Å². The summed E-state index contributed by atoms with van der Waals surface area (Å²) in [5.74, 6) is -0.444. The van der Waals surface area contributed by atoms with Gasteiger partial charge in [0.1, 0.15) is 11.6 Å². The molecule has 100 valence electrons. The Bertz CT molecular complexity index is 263. The Morgan fingerprint density at radius 1 is 1.35 bits per heavy atom. The molecule has 5 nitrogen and oxygen atoms in total. The zero-order chi connectivity index (χ0) is 13.5. The van der Waals surface area contributed by atoms with Crippen LogP contribution in [0.15, 0.2) is 0 Å². The van der Waals surface area contributed by atoms with Gasteiger partial charge in [0, 0.05) is 0 Å². The largest absolute Gasteiger partial charge is 0.467 e. The Balaban J connectivity index is 4.32. The number of hydrogen-bond donors (Lipinski definition) is 1. The molecule has 0 aromatic heterocycles. The van der Waals surface area contributed by atoms with Crippen molar-refractivity contribution in [2.45, 2.75) is 45.3 Å². The fraction of sp³-hybridized carbons (Fsp3) is 0.818. The van der Waals surface area contributed by atoms with E-state index in [9.17, 15) is 9.59 Å². The van der Waals surface area contributed by atoms with Crippen molar-refractivity contribution in [1.82, 2.24) is 5.32 Å². The Morgan fingerprint density at radius 2 is 1.94 bits per heavy atom. The van der Waals surface area contributed by atoms with Crippen LogP contribution in [0.5, 0.6) is 0 Å². The molecular weight excluding hydrogens is 337 g/mol. The normalized spacial score (nSPS) is 12.8. The summed E-state index contributed by atoms with van der Waals surface area (Å²) in [6, 6.07) is -0.635. The molecule has 0 aliphatic heterocycles. The second-order valence-corrected chi connectivity index (χ2v) is 5.63. The minimum atomic E-state index is -0.635. The quantitative estimate of drug-likeness (QED) is 0.466. The van der Waals surface area contributed by atoms with Crippen LogP contribution >= 0.6 is 22.6 Å². The molecule has 0 aromatic rings. The predicted molar refractivity (Wildman–Crippen MR) is 73.3 cm³/mol. The van der Waals surface area contributed by atoms with E-state index >= 15 is 0 Å². The molecule has 0 spiro atoms. The van der Waals surface area contributed by atoms with E-state index in [-0.39, 0.29) is 0 Å². The van der Waals surface area contributed by atoms with Crippen molar-refractivity contribution in [3.8, 4) is 0 Å². The van der Waals surface area contributed by atoms with E-state index in [4.69, 9.17) is 4.74 Å². The number of methoxy groups -OCH3 is 1. The lowest BCUT2D eigenvalue weighted by Gasteiger charge is -2.22. The van der Waals surface area contributed by atoms with E-state index in [0.717, 1.165) is 10.8 Å². The summed E-state index contributed by atoms with van der Waals surface area (Å²) in [6.07, 6.45) is 0.784. The number of alkyl carbamates (subject to hydrolysis) is 1. The van der Waals surface area contributed by atoms with Crippen LogP contribution in [0, 0.1) is 0 Å². The minimum Gasteiger partial charge on any atom is -0.467 e. The SMILES string of the molecule is COC(=O)C(CCCI)NC(=O)OC(C)(C)C. The second kappa shape index (κ2) is 7.73. The third-order valence-corrected chi connectivity index (χ3v) is 2.57. The van der Waals surface area contributed by atoms with Gasteiger partial charge in [-0.25, -0.2) is 9.59 Å². The van der Waals surface area contributed by atoms with E-state index in [0.29, 0.717) is 6.42 Å². The van der Waals surface area contributed by atoms with Gasteiger partial charge in [-0.1, -0.05) is 22.6 Å². The number of alkyl halides is 1. The van der Waals surface area contributed by atoms with Gasteiger partial charge in [-0.3, -0.25) is 0 Å². The predicted octanol–water partition coefficient (Wildman–Crippen LogP) is 2.27. The molecule has 17 heavy (non-hydrogen) atoms. The van der Waals surface area contributed by atoms with E-state index in [2.05, 4.69) is 32.6 Å². The van der Waals surface area contributed by atoms with Crippen molar-refractivity contribution in [3.63, 3.8) is 0 Å². The zero-order valence-electron chi connectivity index (χ0n) is 10.7. The number of halogens is 1. The van der Waals surface area contributed by atoms with E-state index in [1.807, 2.05) is 0 Å².